The Bertz CT molecular complexity index is 2840. The summed E-state index contributed by atoms with van der Waals surface area (Å²) in [6.07, 6.45) is 18.9. The van der Waals surface area contributed by atoms with Crippen LogP contribution in [0.3, 0.4) is 0 Å². The van der Waals surface area contributed by atoms with Gasteiger partial charge in [-0.15, -0.1) is 0 Å². The fraction of sp³-hybridized carbons (Fsp3) is 0.359. The van der Waals surface area contributed by atoms with E-state index < -0.39 is 11.9 Å². The van der Waals surface area contributed by atoms with Crippen molar-refractivity contribution in [2.75, 3.05) is 0 Å². The van der Waals surface area contributed by atoms with Gasteiger partial charge in [0.2, 0.25) is 40.4 Å². The average Bonchev–Trinajstić information content (AvgIpc) is 2.28. The SMILES string of the molecule is CC.CC.CC.CC.CC.CC.CC.CC.CC.Cc1cc(F)nc(F)c1-c1cccc[n+]1C.Cc1ccccc1-c1cccc[n+]1C.Cc1cnccc1-c1cccc[n+]1C.Cc1ncccc1-c1cccc[n+]1C.Cc1ncncc1-c1cccc[n+]1C. The first-order valence-electron chi connectivity index (χ1n) is 32.5. The zero-order valence-corrected chi connectivity index (χ0v) is 60.8. The topological polar surface area (TPSA) is 83.9 Å². The molecule has 0 saturated carbocycles. The Hall–Kier alpha value is -8.64. The fourth-order valence-corrected chi connectivity index (χ4v) is 7.92. The minimum atomic E-state index is -0.794. The smallest absolute Gasteiger partial charge is 0.229 e. The number of aryl methyl sites for hydroxylation is 10. The third kappa shape index (κ3) is 30.5. The molecule has 12 heteroatoms. The molecule has 9 heterocycles. The van der Waals surface area contributed by atoms with Crippen molar-refractivity contribution in [2.24, 2.45) is 35.2 Å². The molecule has 1 aromatic carbocycles. The van der Waals surface area contributed by atoms with Crippen molar-refractivity contribution in [1.82, 2.24) is 24.9 Å². The number of benzene rings is 1. The molecule has 0 unspecified atom stereocenters. The van der Waals surface area contributed by atoms with Crippen LogP contribution in [0.2, 0.25) is 0 Å². The molecule has 0 aliphatic heterocycles. The van der Waals surface area contributed by atoms with Crippen molar-refractivity contribution in [3.8, 4) is 56.3 Å². The molecule has 0 atom stereocenters. The predicted octanol–water partition coefficient (Wildman–Crippen LogP) is 18.9. The van der Waals surface area contributed by atoms with Crippen LogP contribution in [0.25, 0.3) is 56.3 Å². The summed E-state index contributed by atoms with van der Waals surface area (Å²) in [6.45, 7) is 45.9. The maximum atomic E-state index is 13.6. The molecule has 0 amide bonds. The summed E-state index contributed by atoms with van der Waals surface area (Å²) in [7, 11) is 9.98. The minimum absolute atomic E-state index is 0.338. The van der Waals surface area contributed by atoms with Crippen LogP contribution in [-0.4, -0.2) is 24.9 Å². The lowest BCUT2D eigenvalue weighted by atomic mass is 10.1. The van der Waals surface area contributed by atoms with Gasteiger partial charge in [0.1, 0.15) is 47.1 Å². The molecule has 0 aliphatic carbocycles. The molecule has 10 rings (SSSR count). The van der Waals surface area contributed by atoms with Crippen molar-refractivity contribution < 1.29 is 31.6 Å². The zero-order chi connectivity index (χ0) is 69.6. The van der Waals surface area contributed by atoms with Gasteiger partial charge in [-0.05, 0) is 112 Å². The Kier molecular flexibility index (Phi) is 54.3. The first kappa shape index (κ1) is 87.8. The molecular formula is C78H117F2N10+5. The quantitative estimate of drug-likeness (QED) is 0.127. The van der Waals surface area contributed by atoms with Crippen LogP contribution in [0.4, 0.5) is 8.78 Å². The van der Waals surface area contributed by atoms with Crippen molar-refractivity contribution in [1.29, 1.82) is 0 Å². The second-order valence-electron chi connectivity index (χ2n) is 17.1. The lowest BCUT2D eigenvalue weighted by molar-refractivity contribution is -0.660. The number of pyridine rings is 8. The van der Waals surface area contributed by atoms with E-state index in [1.54, 1.807) is 43.2 Å². The number of nitrogens with zero attached hydrogens (tertiary/aromatic N) is 10. The molecule has 0 N–H and O–H groups in total. The molecule has 9 aromatic heterocycles. The Morgan fingerprint density at radius 1 is 0.311 bits per heavy atom. The van der Waals surface area contributed by atoms with E-state index in [1.165, 1.54) is 51.0 Å². The molecule has 10 aromatic rings. The van der Waals surface area contributed by atoms with Crippen molar-refractivity contribution in [3.63, 3.8) is 0 Å². The molecule has 0 fully saturated rings. The molecule has 10 nitrogen and oxygen atoms in total. The normalized spacial score (nSPS) is 8.78. The predicted molar refractivity (Wildman–Crippen MR) is 380 cm³/mol. The van der Waals surface area contributed by atoms with Crippen molar-refractivity contribution >= 4 is 0 Å². The van der Waals surface area contributed by atoms with Crippen LogP contribution >= 0.6 is 0 Å². The summed E-state index contributed by atoms with van der Waals surface area (Å²) >= 11 is 0. The summed E-state index contributed by atoms with van der Waals surface area (Å²) in [5.74, 6) is -1.57. The van der Waals surface area contributed by atoms with E-state index in [9.17, 15) is 8.78 Å². The van der Waals surface area contributed by atoms with Gasteiger partial charge in [0.05, 0.1) is 28.1 Å². The summed E-state index contributed by atoms with van der Waals surface area (Å²) < 4.78 is 36.7. The van der Waals surface area contributed by atoms with Crippen LogP contribution in [0, 0.1) is 46.5 Å². The Morgan fingerprint density at radius 3 is 1.04 bits per heavy atom. The highest BCUT2D eigenvalue weighted by Gasteiger charge is 2.19. The molecular weight excluding hydrogens is 1110 g/mol. The van der Waals surface area contributed by atoms with Gasteiger partial charge in [-0.25, -0.2) is 32.8 Å². The largest absolute Gasteiger partial charge is 0.264 e. The molecule has 488 valence electrons. The highest BCUT2D eigenvalue weighted by Crippen LogP contribution is 2.24. The summed E-state index contributed by atoms with van der Waals surface area (Å²) in [5.41, 5.74) is 15.7. The van der Waals surface area contributed by atoms with Crippen LogP contribution < -0.4 is 22.8 Å². The summed E-state index contributed by atoms with van der Waals surface area (Å²) in [5, 5.41) is 0. The van der Waals surface area contributed by atoms with E-state index in [-0.39, 0.29) is 0 Å². The van der Waals surface area contributed by atoms with E-state index >= 15 is 0 Å². The van der Waals surface area contributed by atoms with Gasteiger partial charge < -0.3 is 0 Å². The Morgan fingerprint density at radius 2 is 0.667 bits per heavy atom. The standard InChI is InChI=1S/C13H14N.C12H11F2N2.2C12H13N2.C11H12N3.9C2H6/c1-11-7-3-4-8-12(11)13-9-5-6-10-14(13)2;1-8-7-10(13)15-12(14)11(8)9-5-3-4-6-16(9)2;1-10-11(6-5-8-13-10)12-7-3-4-9-14(12)2;1-10-9-13-7-6-11(10)12-5-3-4-8-14(12)2;1-9-10(7-12-8-13-9)11-5-3-4-6-14(11)2;9*1-2/h3-10H,1-2H3;3-7H,1-2H3;2*3-9H,1-2H3;3-8H,1-2H3;9*1-2H3/q5*+1;;;;;;;;;. The number of halogens is 2. The molecule has 0 radical (unpaired) electrons. The Balaban J connectivity index is -0.000000482. The molecule has 0 saturated heterocycles. The summed E-state index contributed by atoms with van der Waals surface area (Å²) in [6, 6.07) is 45.9. The molecule has 0 bridgehead atoms. The number of aromatic nitrogens is 10. The van der Waals surface area contributed by atoms with E-state index in [0.717, 1.165) is 22.6 Å². The number of hydrogen-bond donors (Lipinski definition) is 0. The average molecular weight is 1230 g/mol. The van der Waals surface area contributed by atoms with Gasteiger partial charge >= 0.3 is 0 Å². The maximum Gasteiger partial charge on any atom is 0.229 e. The van der Waals surface area contributed by atoms with Crippen LogP contribution in [-0.2, 0) is 35.2 Å². The van der Waals surface area contributed by atoms with Gasteiger partial charge in [-0.2, -0.15) is 13.8 Å². The molecule has 0 aliphatic rings. The van der Waals surface area contributed by atoms with Gasteiger partial charge in [0.25, 0.3) is 0 Å². The van der Waals surface area contributed by atoms with Gasteiger partial charge in [0.15, 0.2) is 31.0 Å². The van der Waals surface area contributed by atoms with E-state index in [1.807, 2.05) is 244 Å². The minimum Gasteiger partial charge on any atom is -0.264 e. The number of hydrogen-bond acceptors (Lipinski definition) is 5. The van der Waals surface area contributed by atoms with E-state index in [4.69, 9.17) is 0 Å². The third-order valence-electron chi connectivity index (χ3n) is 11.9. The highest BCUT2D eigenvalue weighted by molar-refractivity contribution is 5.62. The van der Waals surface area contributed by atoms with Crippen LogP contribution in [0.5, 0.6) is 0 Å². The Labute approximate surface area is 546 Å². The van der Waals surface area contributed by atoms with E-state index in [2.05, 4.69) is 150 Å². The fourth-order valence-electron chi connectivity index (χ4n) is 7.92. The van der Waals surface area contributed by atoms with Gasteiger partial charge in [-0.1, -0.05) is 143 Å². The number of rotatable bonds is 5. The third-order valence-corrected chi connectivity index (χ3v) is 11.9. The van der Waals surface area contributed by atoms with E-state index in [0.29, 0.717) is 16.8 Å². The second-order valence-corrected chi connectivity index (χ2v) is 17.1. The van der Waals surface area contributed by atoms with Crippen LogP contribution in [0.15, 0.2) is 202 Å². The van der Waals surface area contributed by atoms with Crippen LogP contribution in [0.1, 0.15) is 153 Å². The molecule has 0 spiro atoms. The summed E-state index contributed by atoms with van der Waals surface area (Å²) in [4.78, 5) is 19.8. The molecule has 90 heavy (non-hydrogen) atoms. The lowest BCUT2D eigenvalue weighted by Crippen LogP contribution is -2.30. The van der Waals surface area contributed by atoms with Crippen molar-refractivity contribution in [2.45, 2.75) is 159 Å². The highest BCUT2D eigenvalue weighted by atomic mass is 19.1. The first-order valence-corrected chi connectivity index (χ1v) is 32.5. The van der Waals surface area contributed by atoms with Gasteiger partial charge in [-0.3, -0.25) is 9.97 Å². The second kappa shape index (κ2) is 55.7. The van der Waals surface area contributed by atoms with Gasteiger partial charge in [0, 0.05) is 91.0 Å². The first-order chi connectivity index (χ1) is 43.7. The monoisotopic (exact) mass is 1230 g/mol. The lowest BCUT2D eigenvalue weighted by Gasteiger charge is -2.04. The van der Waals surface area contributed by atoms with Crippen molar-refractivity contribution in [3.05, 3.63) is 242 Å². The maximum absolute atomic E-state index is 13.6. The zero-order valence-electron chi connectivity index (χ0n) is 60.8.